The molecule has 0 aliphatic rings. The van der Waals surface area contributed by atoms with Crippen LogP contribution in [0.2, 0.25) is 5.02 Å². The molecule has 0 saturated heterocycles. The van der Waals surface area contributed by atoms with E-state index in [1.54, 1.807) is 30.5 Å². The summed E-state index contributed by atoms with van der Waals surface area (Å²) >= 11 is 5.85. The zero-order valence-electron chi connectivity index (χ0n) is 9.87. The quantitative estimate of drug-likeness (QED) is 0.662. The van der Waals surface area contributed by atoms with Crippen LogP contribution < -0.4 is 5.73 Å². The number of esters is 1. The van der Waals surface area contributed by atoms with Crippen molar-refractivity contribution in [3.63, 3.8) is 0 Å². The maximum Gasteiger partial charge on any atom is 0.355 e. The molecule has 0 aliphatic heterocycles. The predicted octanol–water partition coefficient (Wildman–Crippen LogP) is 2.92. The standard InChI is InChI=1S/C13H13ClN2O2/c1-8-4-12(16-6-8)13(17)18-7-9-5-10(14)2-3-11(9)15/h2-6,16H,7,15H2,1H3. The highest BCUT2D eigenvalue weighted by Crippen LogP contribution is 2.19. The second-order valence-corrected chi connectivity index (χ2v) is 4.45. The lowest BCUT2D eigenvalue weighted by atomic mass is 10.2. The van der Waals surface area contributed by atoms with Crippen molar-refractivity contribution in [2.24, 2.45) is 0 Å². The minimum absolute atomic E-state index is 0.100. The first-order valence-corrected chi connectivity index (χ1v) is 5.80. The Labute approximate surface area is 110 Å². The van der Waals surface area contributed by atoms with E-state index in [1.165, 1.54) is 0 Å². The molecule has 0 amide bonds. The van der Waals surface area contributed by atoms with Gasteiger partial charge in [-0.2, -0.15) is 0 Å². The molecule has 0 spiro atoms. The van der Waals surface area contributed by atoms with Crippen molar-refractivity contribution >= 4 is 23.3 Å². The van der Waals surface area contributed by atoms with E-state index >= 15 is 0 Å². The topological polar surface area (TPSA) is 68.1 Å². The SMILES string of the molecule is Cc1c[nH]c(C(=O)OCc2cc(Cl)ccc2N)c1. The number of aromatic amines is 1. The average Bonchev–Trinajstić information content (AvgIpc) is 2.77. The molecule has 4 nitrogen and oxygen atoms in total. The van der Waals surface area contributed by atoms with Gasteiger partial charge in [0.2, 0.25) is 0 Å². The fraction of sp³-hybridized carbons (Fsp3) is 0.154. The Balaban J connectivity index is 2.03. The number of nitrogen functional groups attached to an aromatic ring is 1. The van der Waals surface area contributed by atoms with Crippen LogP contribution in [0.15, 0.2) is 30.5 Å². The van der Waals surface area contributed by atoms with Gasteiger partial charge in [0, 0.05) is 22.5 Å². The number of aryl methyl sites for hydroxylation is 1. The third-order valence-electron chi connectivity index (χ3n) is 2.51. The highest BCUT2D eigenvalue weighted by Gasteiger charge is 2.10. The van der Waals surface area contributed by atoms with Gasteiger partial charge in [0.15, 0.2) is 0 Å². The number of carbonyl (C=O) groups excluding carboxylic acids is 1. The first-order chi connectivity index (χ1) is 8.56. The molecule has 1 aromatic carbocycles. The summed E-state index contributed by atoms with van der Waals surface area (Å²) in [4.78, 5) is 14.5. The lowest BCUT2D eigenvalue weighted by Crippen LogP contribution is -2.06. The molecule has 0 atom stereocenters. The molecular formula is C13H13ClN2O2. The van der Waals surface area contributed by atoms with Crippen molar-refractivity contribution < 1.29 is 9.53 Å². The van der Waals surface area contributed by atoms with Crippen molar-refractivity contribution in [2.75, 3.05) is 5.73 Å². The zero-order chi connectivity index (χ0) is 13.1. The summed E-state index contributed by atoms with van der Waals surface area (Å²) in [5.41, 5.74) is 8.41. The Hall–Kier alpha value is -1.94. The lowest BCUT2D eigenvalue weighted by molar-refractivity contribution is 0.0467. The maximum atomic E-state index is 11.7. The van der Waals surface area contributed by atoms with Crippen LogP contribution in [0.1, 0.15) is 21.6 Å². The molecule has 5 heteroatoms. The van der Waals surface area contributed by atoms with Crippen LogP contribution in [-0.4, -0.2) is 11.0 Å². The van der Waals surface area contributed by atoms with Gasteiger partial charge in [-0.3, -0.25) is 0 Å². The average molecular weight is 265 g/mol. The van der Waals surface area contributed by atoms with E-state index in [2.05, 4.69) is 4.98 Å². The fourth-order valence-corrected chi connectivity index (χ4v) is 1.74. The van der Waals surface area contributed by atoms with E-state index in [0.29, 0.717) is 22.0 Å². The maximum absolute atomic E-state index is 11.7. The van der Waals surface area contributed by atoms with Gasteiger partial charge in [0.25, 0.3) is 0 Å². The van der Waals surface area contributed by atoms with E-state index in [4.69, 9.17) is 22.1 Å². The largest absolute Gasteiger partial charge is 0.456 e. The molecule has 1 aromatic heterocycles. The summed E-state index contributed by atoms with van der Waals surface area (Å²) in [6.07, 6.45) is 1.74. The molecule has 3 N–H and O–H groups in total. The van der Waals surface area contributed by atoms with Gasteiger partial charge in [0.1, 0.15) is 12.3 Å². The summed E-state index contributed by atoms with van der Waals surface area (Å²) in [5, 5.41) is 0.561. The number of halogens is 1. The minimum Gasteiger partial charge on any atom is -0.456 e. The van der Waals surface area contributed by atoms with Crippen LogP contribution in [0.4, 0.5) is 5.69 Å². The molecule has 0 saturated carbocycles. The molecule has 0 unspecified atom stereocenters. The van der Waals surface area contributed by atoms with Gasteiger partial charge in [-0.1, -0.05) is 11.6 Å². The van der Waals surface area contributed by atoms with Crippen LogP contribution >= 0.6 is 11.6 Å². The number of benzene rings is 1. The van der Waals surface area contributed by atoms with Gasteiger partial charge >= 0.3 is 5.97 Å². The van der Waals surface area contributed by atoms with E-state index in [1.807, 2.05) is 6.92 Å². The molecule has 1 heterocycles. The Bertz CT molecular complexity index is 578. The number of hydrogen-bond acceptors (Lipinski definition) is 3. The molecule has 0 fully saturated rings. The molecule has 2 rings (SSSR count). The second kappa shape index (κ2) is 5.14. The Kier molecular flexibility index (Phi) is 3.58. The molecule has 0 bridgehead atoms. The number of nitrogens with one attached hydrogen (secondary N) is 1. The van der Waals surface area contributed by atoms with Gasteiger partial charge in [-0.15, -0.1) is 0 Å². The summed E-state index contributed by atoms with van der Waals surface area (Å²) in [6, 6.07) is 6.79. The van der Waals surface area contributed by atoms with E-state index < -0.39 is 5.97 Å². The molecule has 0 aliphatic carbocycles. The number of nitrogens with two attached hydrogens (primary N) is 1. The minimum atomic E-state index is -0.414. The number of ether oxygens (including phenoxy) is 1. The molecule has 0 radical (unpaired) electrons. The first kappa shape index (κ1) is 12.5. The van der Waals surface area contributed by atoms with Crippen LogP contribution in [-0.2, 0) is 11.3 Å². The molecular weight excluding hydrogens is 252 g/mol. The number of anilines is 1. The highest BCUT2D eigenvalue weighted by atomic mass is 35.5. The number of aromatic nitrogens is 1. The zero-order valence-corrected chi connectivity index (χ0v) is 10.6. The van der Waals surface area contributed by atoms with Crippen molar-refractivity contribution in [1.29, 1.82) is 0 Å². The normalized spacial score (nSPS) is 10.3. The van der Waals surface area contributed by atoms with E-state index in [0.717, 1.165) is 5.56 Å². The second-order valence-electron chi connectivity index (χ2n) is 4.01. The predicted molar refractivity (Wildman–Crippen MR) is 70.5 cm³/mol. The van der Waals surface area contributed by atoms with Crippen molar-refractivity contribution in [3.05, 3.63) is 52.3 Å². The van der Waals surface area contributed by atoms with E-state index in [-0.39, 0.29) is 6.61 Å². The number of rotatable bonds is 3. The van der Waals surface area contributed by atoms with Crippen LogP contribution in [0.25, 0.3) is 0 Å². The smallest absolute Gasteiger partial charge is 0.355 e. The Morgan fingerprint density at radius 3 is 2.89 bits per heavy atom. The van der Waals surface area contributed by atoms with Crippen LogP contribution in [0.3, 0.4) is 0 Å². The van der Waals surface area contributed by atoms with Crippen molar-refractivity contribution in [2.45, 2.75) is 13.5 Å². The van der Waals surface area contributed by atoms with Crippen LogP contribution in [0.5, 0.6) is 0 Å². The van der Waals surface area contributed by atoms with Crippen LogP contribution in [0, 0.1) is 6.92 Å². The summed E-state index contributed by atoms with van der Waals surface area (Å²) in [6.45, 7) is 1.99. The monoisotopic (exact) mass is 264 g/mol. The number of H-pyrrole nitrogens is 1. The lowest BCUT2D eigenvalue weighted by Gasteiger charge is -2.07. The Morgan fingerprint density at radius 1 is 1.44 bits per heavy atom. The van der Waals surface area contributed by atoms with Gasteiger partial charge in [0.05, 0.1) is 0 Å². The van der Waals surface area contributed by atoms with Crippen molar-refractivity contribution in [1.82, 2.24) is 4.98 Å². The number of hydrogen-bond donors (Lipinski definition) is 2. The molecule has 94 valence electrons. The highest BCUT2D eigenvalue weighted by molar-refractivity contribution is 6.30. The number of carbonyl (C=O) groups is 1. The Morgan fingerprint density at radius 2 is 2.22 bits per heavy atom. The summed E-state index contributed by atoms with van der Waals surface area (Å²) < 4.78 is 5.15. The molecule has 18 heavy (non-hydrogen) atoms. The van der Waals surface area contributed by atoms with E-state index in [9.17, 15) is 4.79 Å². The molecule has 2 aromatic rings. The fourth-order valence-electron chi connectivity index (χ4n) is 1.54. The van der Waals surface area contributed by atoms with Gasteiger partial charge in [-0.05, 0) is 36.8 Å². The van der Waals surface area contributed by atoms with Crippen molar-refractivity contribution in [3.8, 4) is 0 Å². The first-order valence-electron chi connectivity index (χ1n) is 5.42. The third kappa shape index (κ3) is 2.84. The third-order valence-corrected chi connectivity index (χ3v) is 2.75. The van der Waals surface area contributed by atoms with Gasteiger partial charge < -0.3 is 15.5 Å². The summed E-state index contributed by atoms with van der Waals surface area (Å²) in [5.74, 6) is -0.414. The summed E-state index contributed by atoms with van der Waals surface area (Å²) in [7, 11) is 0. The van der Waals surface area contributed by atoms with Gasteiger partial charge in [-0.25, -0.2) is 4.79 Å².